The molecule has 0 amide bonds. The number of carbonyl (C=O) groups is 2. The minimum atomic E-state index is -0.396. The van der Waals surface area contributed by atoms with Crippen molar-refractivity contribution in [1.82, 2.24) is 4.57 Å². The monoisotopic (exact) mass is 405 g/mol. The van der Waals surface area contributed by atoms with Crippen LogP contribution in [0.5, 0.6) is 5.75 Å². The summed E-state index contributed by atoms with van der Waals surface area (Å²) in [5.74, 6) is 0.160. The summed E-state index contributed by atoms with van der Waals surface area (Å²) in [6.45, 7) is 4.35. The zero-order chi connectivity index (χ0) is 21.5. The van der Waals surface area contributed by atoms with E-state index in [1.807, 2.05) is 62.4 Å². The number of ether oxygens (including phenoxy) is 2. The van der Waals surface area contributed by atoms with Gasteiger partial charge in [-0.2, -0.15) is 0 Å². The summed E-state index contributed by atoms with van der Waals surface area (Å²) in [7, 11) is 1.60. The van der Waals surface area contributed by atoms with Crippen LogP contribution in [0.15, 0.2) is 60.7 Å². The Morgan fingerprint density at radius 2 is 1.67 bits per heavy atom. The van der Waals surface area contributed by atoms with Gasteiger partial charge in [0.2, 0.25) is 5.78 Å². The molecular weight excluding hydrogens is 378 g/mol. The number of Topliss-reactive ketones (excluding diaryl/α,β-unsaturated/α-hetero) is 1. The van der Waals surface area contributed by atoms with Crippen LogP contribution in [0.2, 0.25) is 0 Å². The van der Waals surface area contributed by atoms with Gasteiger partial charge in [-0.15, -0.1) is 0 Å². The molecule has 0 N–H and O–H groups in total. The van der Waals surface area contributed by atoms with Crippen LogP contribution >= 0.6 is 0 Å². The van der Waals surface area contributed by atoms with E-state index in [1.54, 1.807) is 7.11 Å². The van der Waals surface area contributed by atoms with Gasteiger partial charge in [-0.1, -0.05) is 48.5 Å². The average Bonchev–Trinajstić information content (AvgIpc) is 3.05. The highest BCUT2D eigenvalue weighted by Crippen LogP contribution is 2.20. The second-order valence-corrected chi connectivity index (χ2v) is 7.25. The molecule has 0 saturated heterocycles. The molecule has 3 rings (SSSR count). The normalized spacial score (nSPS) is 10.6. The van der Waals surface area contributed by atoms with Gasteiger partial charge in [-0.25, -0.2) is 0 Å². The Balaban J connectivity index is 1.57. The molecule has 0 bridgehead atoms. The van der Waals surface area contributed by atoms with E-state index in [-0.39, 0.29) is 18.8 Å². The van der Waals surface area contributed by atoms with E-state index in [2.05, 4.69) is 16.7 Å². The highest BCUT2D eigenvalue weighted by atomic mass is 16.5. The maximum atomic E-state index is 12.7. The van der Waals surface area contributed by atoms with Crippen molar-refractivity contribution >= 4 is 11.8 Å². The lowest BCUT2D eigenvalue weighted by atomic mass is 10.1. The van der Waals surface area contributed by atoms with Crippen molar-refractivity contribution in [3.05, 3.63) is 88.7 Å². The lowest BCUT2D eigenvalue weighted by Gasteiger charge is -2.10. The SMILES string of the molecule is COc1ccccc1CCC(=O)OCC(=O)c1cc(C)n(Cc2ccccc2)c1C. The number of para-hydroxylation sites is 1. The molecule has 5 heteroatoms. The Labute approximate surface area is 177 Å². The summed E-state index contributed by atoms with van der Waals surface area (Å²) < 4.78 is 12.6. The Morgan fingerprint density at radius 1 is 0.967 bits per heavy atom. The summed E-state index contributed by atoms with van der Waals surface area (Å²) >= 11 is 0. The van der Waals surface area contributed by atoms with Crippen LogP contribution in [0.25, 0.3) is 0 Å². The standard InChI is InChI=1S/C25H27NO4/c1-18-15-22(19(2)26(18)16-20-9-5-4-6-10-20)23(27)17-30-25(28)14-13-21-11-7-8-12-24(21)29-3/h4-12,15H,13-14,16-17H2,1-3H3. The third-order valence-electron chi connectivity index (χ3n) is 5.21. The fourth-order valence-corrected chi connectivity index (χ4v) is 3.53. The quantitative estimate of drug-likeness (QED) is 0.388. The van der Waals surface area contributed by atoms with E-state index in [4.69, 9.17) is 9.47 Å². The second kappa shape index (κ2) is 9.92. The molecule has 1 aromatic heterocycles. The number of carbonyl (C=O) groups excluding carboxylic acids is 2. The Kier molecular flexibility index (Phi) is 7.07. The molecule has 0 aliphatic heterocycles. The third-order valence-corrected chi connectivity index (χ3v) is 5.21. The fourth-order valence-electron chi connectivity index (χ4n) is 3.53. The number of esters is 1. The van der Waals surface area contributed by atoms with Gasteiger partial charge in [-0.3, -0.25) is 9.59 Å². The van der Waals surface area contributed by atoms with Gasteiger partial charge in [0.25, 0.3) is 0 Å². The highest BCUT2D eigenvalue weighted by molar-refractivity contribution is 5.99. The van der Waals surface area contributed by atoms with Gasteiger partial charge in [0.05, 0.1) is 7.11 Å². The molecule has 0 aliphatic rings. The zero-order valence-corrected chi connectivity index (χ0v) is 17.7. The Bertz CT molecular complexity index is 1020. The Hall–Kier alpha value is -3.34. The number of hydrogen-bond acceptors (Lipinski definition) is 4. The molecule has 0 radical (unpaired) electrons. The molecule has 5 nitrogen and oxygen atoms in total. The summed E-state index contributed by atoms with van der Waals surface area (Å²) in [4.78, 5) is 24.8. The summed E-state index contributed by atoms with van der Waals surface area (Å²) in [6.07, 6.45) is 0.698. The maximum Gasteiger partial charge on any atom is 0.306 e. The smallest absolute Gasteiger partial charge is 0.306 e. The topological polar surface area (TPSA) is 57.5 Å². The molecule has 0 unspecified atom stereocenters. The molecular formula is C25H27NO4. The first-order chi connectivity index (χ1) is 14.5. The van der Waals surface area contributed by atoms with Crippen LogP contribution in [-0.2, 0) is 22.5 Å². The van der Waals surface area contributed by atoms with E-state index >= 15 is 0 Å². The van der Waals surface area contributed by atoms with Gasteiger partial charge < -0.3 is 14.0 Å². The number of nitrogens with zero attached hydrogens (tertiary/aromatic N) is 1. The van der Waals surface area contributed by atoms with E-state index in [0.717, 1.165) is 22.7 Å². The number of rotatable bonds is 9. The molecule has 0 spiro atoms. The number of aryl methyl sites for hydroxylation is 2. The summed E-state index contributed by atoms with van der Waals surface area (Å²) in [6, 6.07) is 19.5. The zero-order valence-electron chi connectivity index (χ0n) is 17.7. The minimum Gasteiger partial charge on any atom is -0.496 e. The molecule has 1 heterocycles. The third kappa shape index (κ3) is 5.17. The summed E-state index contributed by atoms with van der Waals surface area (Å²) in [5, 5.41) is 0. The van der Waals surface area contributed by atoms with Crippen LogP contribution < -0.4 is 4.74 Å². The van der Waals surface area contributed by atoms with Crippen LogP contribution in [0, 0.1) is 13.8 Å². The molecule has 0 aliphatic carbocycles. The first-order valence-corrected chi connectivity index (χ1v) is 10.0. The van der Waals surface area contributed by atoms with Crippen molar-refractivity contribution < 1.29 is 19.1 Å². The number of ketones is 1. The molecule has 0 fully saturated rings. The largest absolute Gasteiger partial charge is 0.496 e. The van der Waals surface area contributed by atoms with Crippen molar-refractivity contribution in [2.24, 2.45) is 0 Å². The predicted molar refractivity (Wildman–Crippen MR) is 116 cm³/mol. The molecule has 0 saturated carbocycles. The van der Waals surface area contributed by atoms with E-state index < -0.39 is 5.97 Å². The molecule has 3 aromatic rings. The van der Waals surface area contributed by atoms with Crippen molar-refractivity contribution in [2.45, 2.75) is 33.2 Å². The summed E-state index contributed by atoms with van der Waals surface area (Å²) in [5.41, 5.74) is 4.59. The van der Waals surface area contributed by atoms with Gasteiger partial charge in [-0.05, 0) is 43.5 Å². The Morgan fingerprint density at radius 3 is 2.40 bits per heavy atom. The molecule has 30 heavy (non-hydrogen) atoms. The van der Waals surface area contributed by atoms with Crippen LogP contribution in [0.1, 0.15) is 39.3 Å². The van der Waals surface area contributed by atoms with Crippen molar-refractivity contribution in [3.63, 3.8) is 0 Å². The molecule has 2 aromatic carbocycles. The minimum absolute atomic E-state index is 0.187. The van der Waals surface area contributed by atoms with Crippen molar-refractivity contribution in [3.8, 4) is 5.75 Å². The van der Waals surface area contributed by atoms with Crippen molar-refractivity contribution in [2.75, 3.05) is 13.7 Å². The molecule has 0 atom stereocenters. The van der Waals surface area contributed by atoms with Crippen LogP contribution in [0.4, 0.5) is 0 Å². The number of benzene rings is 2. The second-order valence-electron chi connectivity index (χ2n) is 7.25. The number of methoxy groups -OCH3 is 1. The van der Waals surface area contributed by atoms with Gasteiger partial charge in [0.15, 0.2) is 6.61 Å². The van der Waals surface area contributed by atoms with Gasteiger partial charge in [0.1, 0.15) is 5.75 Å². The first kappa shape index (κ1) is 21.4. The first-order valence-electron chi connectivity index (χ1n) is 10.0. The predicted octanol–water partition coefficient (Wildman–Crippen LogP) is 4.52. The average molecular weight is 405 g/mol. The lowest BCUT2D eigenvalue weighted by Crippen LogP contribution is -2.15. The van der Waals surface area contributed by atoms with Gasteiger partial charge in [0, 0.05) is 29.9 Å². The van der Waals surface area contributed by atoms with Crippen molar-refractivity contribution in [1.29, 1.82) is 0 Å². The maximum absolute atomic E-state index is 12.7. The number of aromatic nitrogens is 1. The van der Waals surface area contributed by atoms with E-state index in [9.17, 15) is 9.59 Å². The van der Waals surface area contributed by atoms with E-state index in [0.29, 0.717) is 18.5 Å². The number of hydrogen-bond donors (Lipinski definition) is 0. The van der Waals surface area contributed by atoms with Crippen LogP contribution in [0.3, 0.4) is 0 Å². The van der Waals surface area contributed by atoms with Crippen LogP contribution in [-0.4, -0.2) is 30.0 Å². The van der Waals surface area contributed by atoms with E-state index in [1.165, 1.54) is 5.56 Å². The molecule has 156 valence electrons. The van der Waals surface area contributed by atoms with Gasteiger partial charge >= 0.3 is 5.97 Å². The fraction of sp³-hybridized carbons (Fsp3) is 0.280. The lowest BCUT2D eigenvalue weighted by molar-refractivity contribution is -0.142. The highest BCUT2D eigenvalue weighted by Gasteiger charge is 2.17.